The number of hydrogen-bond acceptors (Lipinski definition) is 4. The maximum atomic E-state index is 13.8. The normalized spacial score (nSPS) is 19.8. The van der Waals surface area contributed by atoms with E-state index in [2.05, 4.69) is 18.8 Å². The van der Waals surface area contributed by atoms with Crippen LogP contribution in [0.15, 0.2) is 34.9 Å². The van der Waals surface area contributed by atoms with E-state index in [1.807, 2.05) is 4.90 Å². The van der Waals surface area contributed by atoms with Gasteiger partial charge in [0.25, 0.3) is 0 Å². The first kappa shape index (κ1) is 17.6. The third-order valence-electron chi connectivity index (χ3n) is 4.91. The average Bonchev–Trinajstić information content (AvgIpc) is 3.04. The van der Waals surface area contributed by atoms with E-state index >= 15 is 0 Å². The van der Waals surface area contributed by atoms with Crippen LogP contribution in [0.3, 0.4) is 0 Å². The summed E-state index contributed by atoms with van der Waals surface area (Å²) in [6, 6.07) is 6.51. The monoisotopic (exact) mass is 345 g/mol. The molecule has 1 aliphatic heterocycles. The highest BCUT2D eigenvalue weighted by Crippen LogP contribution is 2.28. The molecule has 134 valence electrons. The van der Waals surface area contributed by atoms with Crippen molar-refractivity contribution in [2.45, 2.75) is 39.2 Å². The Morgan fingerprint density at radius 1 is 1.44 bits per heavy atom. The molecule has 2 aromatic rings. The van der Waals surface area contributed by atoms with Gasteiger partial charge in [-0.1, -0.05) is 26.0 Å². The Kier molecular flexibility index (Phi) is 4.90. The zero-order chi connectivity index (χ0) is 18.0. The SMILES string of the molecule is CC1(C)CN(C(=O)CCc2ncc(-c3ccccc3F)o2)CCC1N. The number of aryl methyl sites for hydroxylation is 1. The number of nitrogens with two attached hydrogens (primary N) is 1. The van der Waals surface area contributed by atoms with Gasteiger partial charge in [-0.2, -0.15) is 0 Å². The van der Waals surface area contributed by atoms with Crippen molar-refractivity contribution in [2.75, 3.05) is 13.1 Å². The minimum atomic E-state index is -0.354. The van der Waals surface area contributed by atoms with Crippen LogP contribution >= 0.6 is 0 Å². The lowest BCUT2D eigenvalue weighted by atomic mass is 9.79. The van der Waals surface area contributed by atoms with E-state index in [0.717, 1.165) is 6.42 Å². The number of oxazole rings is 1. The second-order valence-electron chi connectivity index (χ2n) is 7.30. The molecule has 0 saturated carbocycles. The Hall–Kier alpha value is -2.21. The number of piperidine rings is 1. The molecule has 25 heavy (non-hydrogen) atoms. The summed E-state index contributed by atoms with van der Waals surface area (Å²) in [4.78, 5) is 18.5. The lowest BCUT2D eigenvalue weighted by molar-refractivity contribution is -0.134. The van der Waals surface area contributed by atoms with Crippen molar-refractivity contribution < 1.29 is 13.6 Å². The van der Waals surface area contributed by atoms with E-state index in [1.165, 1.54) is 12.3 Å². The van der Waals surface area contributed by atoms with Crippen molar-refractivity contribution in [2.24, 2.45) is 11.1 Å². The van der Waals surface area contributed by atoms with Crippen molar-refractivity contribution in [3.8, 4) is 11.3 Å². The Labute approximate surface area is 147 Å². The highest BCUT2D eigenvalue weighted by Gasteiger charge is 2.35. The standard InChI is InChI=1S/C19H24FN3O2/c1-19(2)12-23(10-9-16(19)21)18(24)8-7-17-22-11-15(25-17)13-5-3-4-6-14(13)20/h3-6,11,16H,7-10,12,21H2,1-2H3. The number of carbonyl (C=O) groups excluding carboxylic acids is 1. The molecular formula is C19H24FN3O2. The topological polar surface area (TPSA) is 72.4 Å². The van der Waals surface area contributed by atoms with Crippen LogP contribution in [0.25, 0.3) is 11.3 Å². The summed E-state index contributed by atoms with van der Waals surface area (Å²) in [5.74, 6) is 0.545. The lowest BCUT2D eigenvalue weighted by Gasteiger charge is -2.42. The van der Waals surface area contributed by atoms with Gasteiger partial charge in [0.2, 0.25) is 5.91 Å². The quantitative estimate of drug-likeness (QED) is 0.924. The zero-order valence-electron chi connectivity index (χ0n) is 14.7. The molecule has 1 fully saturated rings. The molecule has 0 radical (unpaired) electrons. The molecule has 1 aromatic carbocycles. The first-order valence-electron chi connectivity index (χ1n) is 8.60. The largest absolute Gasteiger partial charge is 0.441 e. The molecule has 2 heterocycles. The molecule has 0 spiro atoms. The van der Waals surface area contributed by atoms with Crippen LogP contribution in [0, 0.1) is 11.2 Å². The summed E-state index contributed by atoms with van der Waals surface area (Å²) >= 11 is 0. The molecule has 1 aliphatic rings. The maximum absolute atomic E-state index is 13.8. The van der Waals surface area contributed by atoms with Crippen LogP contribution in [-0.2, 0) is 11.2 Å². The average molecular weight is 345 g/mol. The highest BCUT2D eigenvalue weighted by atomic mass is 19.1. The third-order valence-corrected chi connectivity index (χ3v) is 4.91. The zero-order valence-corrected chi connectivity index (χ0v) is 14.7. The van der Waals surface area contributed by atoms with Crippen LogP contribution in [0.4, 0.5) is 4.39 Å². The van der Waals surface area contributed by atoms with Crippen LogP contribution in [0.1, 0.15) is 32.6 Å². The van der Waals surface area contributed by atoms with Gasteiger partial charge in [-0.3, -0.25) is 4.79 Å². The van der Waals surface area contributed by atoms with Gasteiger partial charge >= 0.3 is 0 Å². The minimum absolute atomic E-state index is 0.0746. The van der Waals surface area contributed by atoms with Crippen molar-refractivity contribution in [1.82, 2.24) is 9.88 Å². The van der Waals surface area contributed by atoms with Gasteiger partial charge in [0.1, 0.15) is 5.82 Å². The molecular weight excluding hydrogens is 321 g/mol. The number of aromatic nitrogens is 1. The van der Waals surface area contributed by atoms with Gasteiger partial charge in [0.15, 0.2) is 11.7 Å². The molecule has 1 saturated heterocycles. The lowest BCUT2D eigenvalue weighted by Crippen LogP contribution is -2.54. The molecule has 0 aliphatic carbocycles. The van der Waals surface area contributed by atoms with Gasteiger partial charge in [0, 0.05) is 32.0 Å². The van der Waals surface area contributed by atoms with Crippen LogP contribution in [-0.4, -0.2) is 34.9 Å². The Bertz CT molecular complexity index is 757. The number of benzene rings is 1. The molecule has 5 nitrogen and oxygen atoms in total. The first-order chi connectivity index (χ1) is 11.9. The van der Waals surface area contributed by atoms with E-state index in [-0.39, 0.29) is 23.2 Å². The predicted molar refractivity (Wildman–Crippen MR) is 93.2 cm³/mol. The van der Waals surface area contributed by atoms with E-state index in [0.29, 0.717) is 43.1 Å². The smallest absolute Gasteiger partial charge is 0.223 e. The molecule has 1 amide bonds. The van der Waals surface area contributed by atoms with E-state index in [4.69, 9.17) is 10.2 Å². The Morgan fingerprint density at radius 3 is 2.92 bits per heavy atom. The summed E-state index contributed by atoms with van der Waals surface area (Å²) < 4.78 is 19.4. The molecule has 3 rings (SSSR count). The number of halogens is 1. The van der Waals surface area contributed by atoms with Crippen molar-refractivity contribution in [3.05, 3.63) is 42.2 Å². The van der Waals surface area contributed by atoms with Crippen LogP contribution in [0.2, 0.25) is 0 Å². The minimum Gasteiger partial charge on any atom is -0.441 e. The number of nitrogens with zero attached hydrogens (tertiary/aromatic N) is 2. The number of rotatable bonds is 4. The number of likely N-dealkylation sites (tertiary alicyclic amines) is 1. The van der Waals surface area contributed by atoms with Gasteiger partial charge in [-0.25, -0.2) is 9.37 Å². The molecule has 2 N–H and O–H groups in total. The van der Waals surface area contributed by atoms with Gasteiger partial charge in [-0.05, 0) is 24.0 Å². The third kappa shape index (κ3) is 3.90. The summed E-state index contributed by atoms with van der Waals surface area (Å²) in [5, 5.41) is 0. The van der Waals surface area contributed by atoms with Crippen LogP contribution < -0.4 is 5.73 Å². The fourth-order valence-corrected chi connectivity index (χ4v) is 3.17. The van der Waals surface area contributed by atoms with Gasteiger partial charge in [0.05, 0.1) is 11.8 Å². The Morgan fingerprint density at radius 2 is 2.20 bits per heavy atom. The maximum Gasteiger partial charge on any atom is 0.223 e. The molecule has 1 atom stereocenters. The summed E-state index contributed by atoms with van der Waals surface area (Å²) in [7, 11) is 0. The fraction of sp³-hybridized carbons (Fsp3) is 0.474. The second-order valence-corrected chi connectivity index (χ2v) is 7.30. The molecule has 6 heteroatoms. The summed E-state index contributed by atoms with van der Waals surface area (Å²) in [6.45, 7) is 5.53. The number of carbonyl (C=O) groups is 1. The van der Waals surface area contributed by atoms with Crippen molar-refractivity contribution in [1.29, 1.82) is 0 Å². The van der Waals surface area contributed by atoms with E-state index in [1.54, 1.807) is 18.2 Å². The first-order valence-corrected chi connectivity index (χ1v) is 8.60. The molecule has 1 unspecified atom stereocenters. The predicted octanol–water partition coefficient (Wildman–Crippen LogP) is 3.00. The summed E-state index contributed by atoms with van der Waals surface area (Å²) in [6.07, 6.45) is 3.04. The Balaban J connectivity index is 1.59. The van der Waals surface area contributed by atoms with E-state index in [9.17, 15) is 9.18 Å². The molecule has 1 aromatic heterocycles. The molecule has 0 bridgehead atoms. The van der Waals surface area contributed by atoms with Crippen LogP contribution in [0.5, 0.6) is 0 Å². The number of amides is 1. The number of hydrogen-bond donors (Lipinski definition) is 1. The van der Waals surface area contributed by atoms with Crippen molar-refractivity contribution >= 4 is 5.91 Å². The van der Waals surface area contributed by atoms with Crippen molar-refractivity contribution in [3.63, 3.8) is 0 Å². The van der Waals surface area contributed by atoms with Gasteiger partial charge < -0.3 is 15.1 Å². The fourth-order valence-electron chi connectivity index (χ4n) is 3.17. The summed E-state index contributed by atoms with van der Waals surface area (Å²) in [5.41, 5.74) is 6.42. The highest BCUT2D eigenvalue weighted by molar-refractivity contribution is 5.76. The van der Waals surface area contributed by atoms with Gasteiger partial charge in [-0.15, -0.1) is 0 Å². The van der Waals surface area contributed by atoms with E-state index < -0.39 is 0 Å². The second kappa shape index (κ2) is 6.96.